The first-order valence-electron chi connectivity index (χ1n) is 5.15. The van der Waals surface area contributed by atoms with E-state index in [1.807, 2.05) is 6.07 Å². The topological polar surface area (TPSA) is 70.0 Å². The number of hydrogen-bond acceptors (Lipinski definition) is 5. The second-order valence-corrected chi connectivity index (χ2v) is 8.33. The molecular formula is C11H16N2O2S2. The fourth-order valence-electron chi connectivity index (χ4n) is 1.15. The fraction of sp³-hybridized carbons (Fsp3) is 0.545. The van der Waals surface area contributed by atoms with Crippen molar-refractivity contribution in [1.29, 1.82) is 5.26 Å². The lowest BCUT2D eigenvalue weighted by Gasteiger charge is -2.22. The molecule has 4 nitrogen and oxygen atoms in total. The molecule has 0 bridgehead atoms. The molecule has 6 heteroatoms. The summed E-state index contributed by atoms with van der Waals surface area (Å²) in [5.74, 6) is 0. The second kappa shape index (κ2) is 5.17. The van der Waals surface area contributed by atoms with Crippen LogP contribution in [0.4, 0.5) is 0 Å². The van der Waals surface area contributed by atoms with Gasteiger partial charge in [0, 0.05) is 24.2 Å². The van der Waals surface area contributed by atoms with Crippen LogP contribution in [-0.2, 0) is 16.4 Å². The number of hydrogen-bond donors (Lipinski definition) is 1. The van der Waals surface area contributed by atoms with Crippen LogP contribution in [-0.4, -0.2) is 26.0 Å². The zero-order valence-corrected chi connectivity index (χ0v) is 11.8. The van der Waals surface area contributed by atoms with Gasteiger partial charge in [-0.05, 0) is 26.0 Å². The monoisotopic (exact) mass is 272 g/mol. The summed E-state index contributed by atoms with van der Waals surface area (Å²) in [5, 5.41) is 11.8. The Hall–Kier alpha value is -0.900. The molecule has 0 radical (unpaired) electrons. The van der Waals surface area contributed by atoms with Crippen LogP contribution in [0.15, 0.2) is 12.1 Å². The van der Waals surface area contributed by atoms with Gasteiger partial charge in [-0.1, -0.05) is 0 Å². The molecule has 94 valence electrons. The average Bonchev–Trinajstić information content (AvgIpc) is 2.63. The van der Waals surface area contributed by atoms with Crippen molar-refractivity contribution in [3.63, 3.8) is 0 Å². The predicted molar refractivity (Wildman–Crippen MR) is 69.7 cm³/mol. The van der Waals surface area contributed by atoms with Crippen molar-refractivity contribution in [1.82, 2.24) is 5.32 Å². The Morgan fingerprint density at radius 2 is 2.12 bits per heavy atom. The molecule has 1 aromatic heterocycles. The van der Waals surface area contributed by atoms with Crippen LogP contribution in [0.25, 0.3) is 0 Å². The van der Waals surface area contributed by atoms with Gasteiger partial charge in [-0.3, -0.25) is 0 Å². The third kappa shape index (κ3) is 3.80. The maximum atomic E-state index is 11.5. The van der Waals surface area contributed by atoms with Gasteiger partial charge in [0.15, 0.2) is 9.84 Å². The van der Waals surface area contributed by atoms with Gasteiger partial charge in [-0.15, -0.1) is 11.3 Å². The van der Waals surface area contributed by atoms with E-state index in [9.17, 15) is 8.42 Å². The van der Waals surface area contributed by atoms with Crippen LogP contribution in [0, 0.1) is 11.3 Å². The first kappa shape index (κ1) is 14.2. The Balaban J connectivity index is 2.51. The molecule has 17 heavy (non-hydrogen) atoms. The summed E-state index contributed by atoms with van der Waals surface area (Å²) in [5.41, 5.74) is 0. The van der Waals surface area contributed by atoms with E-state index in [-0.39, 0.29) is 0 Å². The molecular weight excluding hydrogens is 256 g/mol. The number of nitriles is 1. The highest BCUT2D eigenvalue weighted by molar-refractivity contribution is 7.92. The maximum absolute atomic E-state index is 11.5. The zero-order valence-electron chi connectivity index (χ0n) is 10.1. The van der Waals surface area contributed by atoms with Crippen molar-refractivity contribution >= 4 is 21.2 Å². The summed E-state index contributed by atoms with van der Waals surface area (Å²) in [6.45, 7) is 4.38. The number of nitrogens with one attached hydrogen (secondary N) is 1. The Kier molecular flexibility index (Phi) is 4.31. The summed E-state index contributed by atoms with van der Waals surface area (Å²) in [6, 6.07) is 5.72. The lowest BCUT2D eigenvalue weighted by molar-refractivity contribution is 0.522. The summed E-state index contributed by atoms with van der Waals surface area (Å²) < 4.78 is 22.2. The van der Waals surface area contributed by atoms with Crippen molar-refractivity contribution in [2.45, 2.75) is 25.1 Å². The second-order valence-electron chi connectivity index (χ2n) is 4.51. The van der Waals surface area contributed by atoms with Gasteiger partial charge in [-0.2, -0.15) is 5.26 Å². The highest BCUT2D eigenvalue weighted by atomic mass is 32.2. The first-order chi connectivity index (χ1) is 7.76. The van der Waals surface area contributed by atoms with E-state index >= 15 is 0 Å². The molecule has 0 unspecified atom stereocenters. The van der Waals surface area contributed by atoms with Crippen molar-refractivity contribution in [2.75, 3.05) is 12.8 Å². The molecule has 1 heterocycles. The van der Waals surface area contributed by atoms with E-state index < -0.39 is 14.6 Å². The average molecular weight is 272 g/mol. The lowest BCUT2D eigenvalue weighted by atomic mass is 10.2. The molecule has 0 saturated heterocycles. The molecule has 1 N–H and O–H groups in total. The molecule has 1 rings (SSSR count). The molecule has 1 aromatic rings. The minimum absolute atomic E-state index is 0.394. The van der Waals surface area contributed by atoms with E-state index in [2.05, 4.69) is 11.4 Å². The molecule has 0 aliphatic rings. The van der Waals surface area contributed by atoms with Crippen LogP contribution < -0.4 is 5.32 Å². The molecule has 0 atom stereocenters. The molecule has 0 aromatic carbocycles. The maximum Gasteiger partial charge on any atom is 0.153 e. The quantitative estimate of drug-likeness (QED) is 0.882. The van der Waals surface area contributed by atoms with Gasteiger partial charge in [0.05, 0.1) is 4.75 Å². The zero-order chi connectivity index (χ0) is 13.1. The minimum Gasteiger partial charge on any atom is -0.310 e. The van der Waals surface area contributed by atoms with E-state index in [1.165, 1.54) is 17.6 Å². The van der Waals surface area contributed by atoms with Crippen LogP contribution in [0.3, 0.4) is 0 Å². The molecule has 0 saturated carbocycles. The molecule has 0 fully saturated rings. The molecule has 0 spiro atoms. The predicted octanol–water partition coefficient (Wildman–Crippen LogP) is 1.53. The SMILES string of the molecule is CC(C)(CNCc1ccc(C#N)s1)S(C)(=O)=O. The van der Waals surface area contributed by atoms with Gasteiger partial charge < -0.3 is 5.32 Å². The largest absolute Gasteiger partial charge is 0.310 e. The van der Waals surface area contributed by atoms with Crippen molar-refractivity contribution in [2.24, 2.45) is 0 Å². The van der Waals surface area contributed by atoms with Crippen LogP contribution in [0.5, 0.6) is 0 Å². The van der Waals surface area contributed by atoms with Crippen molar-refractivity contribution in [3.8, 4) is 6.07 Å². The summed E-state index contributed by atoms with van der Waals surface area (Å²) >= 11 is 1.42. The molecule has 0 amide bonds. The van der Waals surface area contributed by atoms with Crippen LogP contribution in [0.2, 0.25) is 0 Å². The standard InChI is InChI=1S/C11H16N2O2S2/c1-11(2,17(3,14)15)8-13-7-10-5-4-9(6-12)16-10/h4-5,13H,7-8H2,1-3H3. The van der Waals surface area contributed by atoms with Gasteiger partial charge in [0.2, 0.25) is 0 Å². The van der Waals surface area contributed by atoms with E-state index in [0.29, 0.717) is 18.0 Å². The highest BCUT2D eigenvalue weighted by Crippen LogP contribution is 2.16. The molecule has 0 aliphatic carbocycles. The fourth-order valence-corrected chi connectivity index (χ4v) is 2.29. The van der Waals surface area contributed by atoms with Crippen LogP contribution in [0.1, 0.15) is 23.6 Å². The lowest BCUT2D eigenvalue weighted by Crippen LogP contribution is -2.41. The minimum atomic E-state index is -3.07. The summed E-state index contributed by atoms with van der Waals surface area (Å²) in [7, 11) is -3.07. The van der Waals surface area contributed by atoms with Gasteiger partial charge in [0.1, 0.15) is 10.9 Å². The molecule has 0 aliphatic heterocycles. The Bertz CT molecular complexity index is 524. The first-order valence-corrected chi connectivity index (χ1v) is 7.86. The van der Waals surface area contributed by atoms with E-state index in [0.717, 1.165) is 4.88 Å². The van der Waals surface area contributed by atoms with Crippen molar-refractivity contribution < 1.29 is 8.42 Å². The van der Waals surface area contributed by atoms with Gasteiger partial charge >= 0.3 is 0 Å². The normalized spacial score (nSPS) is 12.4. The number of sulfone groups is 1. The van der Waals surface area contributed by atoms with Gasteiger partial charge in [-0.25, -0.2) is 8.42 Å². The number of nitrogens with zero attached hydrogens (tertiary/aromatic N) is 1. The summed E-state index contributed by atoms with van der Waals surface area (Å²) in [6.07, 6.45) is 1.24. The summed E-state index contributed by atoms with van der Waals surface area (Å²) in [4.78, 5) is 1.70. The third-order valence-corrected chi connectivity index (χ3v) is 5.77. The van der Waals surface area contributed by atoms with E-state index in [4.69, 9.17) is 5.26 Å². The Morgan fingerprint density at radius 1 is 1.47 bits per heavy atom. The van der Waals surface area contributed by atoms with Gasteiger partial charge in [0.25, 0.3) is 0 Å². The third-order valence-electron chi connectivity index (χ3n) is 2.63. The highest BCUT2D eigenvalue weighted by Gasteiger charge is 2.29. The Morgan fingerprint density at radius 3 is 2.59 bits per heavy atom. The Labute approximate surface area is 106 Å². The van der Waals surface area contributed by atoms with Crippen molar-refractivity contribution in [3.05, 3.63) is 21.9 Å². The van der Waals surface area contributed by atoms with Crippen LogP contribution >= 0.6 is 11.3 Å². The smallest absolute Gasteiger partial charge is 0.153 e. The van der Waals surface area contributed by atoms with E-state index in [1.54, 1.807) is 19.9 Å². The number of thiophene rings is 1. The number of rotatable bonds is 5.